The Morgan fingerprint density at radius 1 is 0.950 bits per heavy atom. The van der Waals surface area contributed by atoms with Crippen LogP contribution in [-0.2, 0) is 29.1 Å². The summed E-state index contributed by atoms with van der Waals surface area (Å²) in [7, 11) is 0. The fraction of sp³-hybridized carbons (Fsp3) is 0.469. The molecule has 0 saturated carbocycles. The number of hydrogen-bond acceptors (Lipinski definition) is 5. The zero-order valence-electron chi connectivity index (χ0n) is 23.5. The molecule has 8 heteroatoms. The van der Waals surface area contributed by atoms with Gasteiger partial charge in [-0.2, -0.15) is 5.10 Å². The lowest BCUT2D eigenvalue weighted by molar-refractivity contribution is -0.138. The fourth-order valence-electron chi connectivity index (χ4n) is 5.85. The first-order valence-electron chi connectivity index (χ1n) is 14.6. The predicted molar refractivity (Wildman–Crippen MR) is 155 cm³/mol. The van der Waals surface area contributed by atoms with Crippen LogP contribution in [-0.4, -0.2) is 58.8 Å². The summed E-state index contributed by atoms with van der Waals surface area (Å²) in [6, 6.07) is 18.2. The van der Waals surface area contributed by atoms with Crippen LogP contribution in [0.15, 0.2) is 67.0 Å². The van der Waals surface area contributed by atoms with Crippen LogP contribution >= 0.6 is 0 Å². The van der Waals surface area contributed by atoms with Crippen molar-refractivity contribution < 1.29 is 14.3 Å². The van der Waals surface area contributed by atoms with Crippen molar-refractivity contribution in [1.29, 1.82) is 0 Å². The quantitative estimate of drug-likeness (QED) is 0.521. The highest BCUT2D eigenvalue weighted by Crippen LogP contribution is 2.38. The van der Waals surface area contributed by atoms with Gasteiger partial charge < -0.3 is 15.4 Å². The molecular formula is C32H41N5O3. The molecule has 212 valence electrons. The lowest BCUT2D eigenvalue weighted by atomic mass is 9.73. The number of carbonyl (C=O) groups excluding carboxylic acids is 2. The molecule has 3 aromatic rings. The topological polar surface area (TPSA) is 88.5 Å². The number of carbonyl (C=O) groups is 2. The number of nitrogens with zero attached hydrogens (tertiary/aromatic N) is 3. The summed E-state index contributed by atoms with van der Waals surface area (Å²) in [5.74, 6) is 0.722. The number of fused-ring (bicyclic) bond motifs is 1. The summed E-state index contributed by atoms with van der Waals surface area (Å²) >= 11 is 0. The van der Waals surface area contributed by atoms with Crippen LogP contribution in [0.1, 0.15) is 55.7 Å². The summed E-state index contributed by atoms with van der Waals surface area (Å²) in [6.45, 7) is 5.92. The van der Waals surface area contributed by atoms with Crippen molar-refractivity contribution in [2.24, 2.45) is 5.41 Å². The number of hydrogen-bond donors (Lipinski definition) is 2. The molecule has 2 aromatic carbocycles. The van der Waals surface area contributed by atoms with Crippen molar-refractivity contribution >= 4 is 11.8 Å². The average molecular weight is 544 g/mol. The molecule has 2 N–H and O–H groups in total. The highest BCUT2D eigenvalue weighted by atomic mass is 16.5. The zero-order chi connectivity index (χ0) is 27.8. The van der Waals surface area contributed by atoms with E-state index in [4.69, 9.17) is 4.74 Å². The van der Waals surface area contributed by atoms with E-state index in [1.54, 1.807) is 13.1 Å². The van der Waals surface area contributed by atoms with E-state index in [9.17, 15) is 9.59 Å². The molecule has 0 bridgehead atoms. The second-order valence-corrected chi connectivity index (χ2v) is 11.2. The third-order valence-electron chi connectivity index (χ3n) is 8.35. The SMILES string of the molecule is C[C@@H]1NC(=O)C2(CCCCc3ccccc3OCCNC1=O)CCN(Cc1ccc(Cn3cccn3)cc1)CC2. The number of aromatic nitrogens is 2. The molecule has 0 unspecified atom stereocenters. The van der Waals surface area contributed by atoms with Crippen LogP contribution in [0.25, 0.3) is 0 Å². The van der Waals surface area contributed by atoms with E-state index in [0.717, 1.165) is 70.5 Å². The second-order valence-electron chi connectivity index (χ2n) is 11.2. The summed E-state index contributed by atoms with van der Waals surface area (Å²) in [4.78, 5) is 28.8. The standard InChI is InChI=1S/C32H41N5O3/c1-25-30(38)33-18-22-40-29-9-3-2-7-28(29)8-4-5-14-32(31(39)35-25)15-20-36(21-16-32)23-26-10-12-27(13-11-26)24-37-19-6-17-34-37/h2-3,6-7,9-13,17,19,25H,4-5,8,14-16,18,20-24H2,1H3,(H,33,38)(H,35,39)/t25-/m0/s1. The maximum atomic E-state index is 13.7. The van der Waals surface area contributed by atoms with Crippen molar-refractivity contribution in [2.45, 2.75) is 64.6 Å². The van der Waals surface area contributed by atoms with Crippen molar-refractivity contribution in [3.63, 3.8) is 0 Å². The minimum Gasteiger partial charge on any atom is -0.491 e. The van der Waals surface area contributed by atoms with Crippen LogP contribution in [0, 0.1) is 5.41 Å². The molecule has 2 aliphatic heterocycles. The van der Waals surface area contributed by atoms with Gasteiger partial charge in [0.15, 0.2) is 0 Å². The smallest absolute Gasteiger partial charge is 0.242 e. The maximum absolute atomic E-state index is 13.7. The molecule has 1 spiro atoms. The van der Waals surface area contributed by atoms with Crippen molar-refractivity contribution in [3.8, 4) is 5.75 Å². The number of para-hydroxylation sites is 1. The van der Waals surface area contributed by atoms with Crippen molar-refractivity contribution in [2.75, 3.05) is 26.2 Å². The van der Waals surface area contributed by atoms with Crippen LogP contribution in [0.5, 0.6) is 5.75 Å². The number of benzene rings is 2. The van der Waals surface area contributed by atoms with E-state index >= 15 is 0 Å². The summed E-state index contributed by atoms with van der Waals surface area (Å²) in [6.07, 6.45) is 9.06. The van der Waals surface area contributed by atoms with Gasteiger partial charge in [-0.3, -0.25) is 19.2 Å². The zero-order valence-corrected chi connectivity index (χ0v) is 23.5. The van der Waals surface area contributed by atoms with Gasteiger partial charge in [-0.05, 0) is 80.9 Å². The molecule has 2 amide bonds. The second kappa shape index (κ2) is 13.1. The monoisotopic (exact) mass is 543 g/mol. The fourth-order valence-corrected chi connectivity index (χ4v) is 5.85. The molecule has 5 rings (SSSR count). The van der Waals surface area contributed by atoms with Crippen LogP contribution in [0.2, 0.25) is 0 Å². The molecule has 3 heterocycles. The summed E-state index contributed by atoms with van der Waals surface area (Å²) in [5, 5.41) is 10.2. The number of ether oxygens (including phenoxy) is 1. The molecule has 2 aliphatic rings. The number of aryl methyl sites for hydroxylation is 1. The Hall–Kier alpha value is -3.65. The van der Waals surface area contributed by atoms with Crippen LogP contribution in [0.4, 0.5) is 0 Å². The molecule has 1 saturated heterocycles. The van der Waals surface area contributed by atoms with E-state index in [-0.39, 0.29) is 11.8 Å². The van der Waals surface area contributed by atoms with E-state index in [1.807, 2.05) is 35.1 Å². The van der Waals surface area contributed by atoms with E-state index in [0.29, 0.717) is 13.2 Å². The van der Waals surface area contributed by atoms with Gasteiger partial charge in [0.2, 0.25) is 11.8 Å². The van der Waals surface area contributed by atoms with E-state index in [2.05, 4.69) is 51.0 Å². The predicted octanol–water partition coefficient (Wildman–Crippen LogP) is 3.94. The summed E-state index contributed by atoms with van der Waals surface area (Å²) < 4.78 is 7.88. The molecule has 40 heavy (non-hydrogen) atoms. The number of nitrogens with one attached hydrogen (secondary N) is 2. The van der Waals surface area contributed by atoms with Crippen molar-refractivity contribution in [1.82, 2.24) is 25.3 Å². The molecule has 1 aromatic heterocycles. The maximum Gasteiger partial charge on any atom is 0.242 e. The Kier molecular flexibility index (Phi) is 9.16. The van der Waals surface area contributed by atoms with Crippen molar-refractivity contribution in [3.05, 3.63) is 83.7 Å². The highest BCUT2D eigenvalue weighted by Gasteiger charge is 2.41. The number of piperidine rings is 1. The summed E-state index contributed by atoms with van der Waals surface area (Å²) in [5.41, 5.74) is 3.23. The lowest BCUT2D eigenvalue weighted by Crippen LogP contribution is -2.53. The van der Waals surface area contributed by atoms with E-state index in [1.165, 1.54) is 16.7 Å². The molecule has 1 atom stereocenters. The van der Waals surface area contributed by atoms with E-state index < -0.39 is 11.5 Å². The normalized spacial score (nSPS) is 20.9. The van der Waals surface area contributed by atoms with Crippen LogP contribution < -0.4 is 15.4 Å². The first-order valence-corrected chi connectivity index (χ1v) is 14.6. The molecule has 0 aliphatic carbocycles. The Morgan fingerprint density at radius 3 is 2.45 bits per heavy atom. The number of likely N-dealkylation sites (tertiary alicyclic amines) is 1. The highest BCUT2D eigenvalue weighted by molar-refractivity contribution is 5.90. The van der Waals surface area contributed by atoms with Crippen LogP contribution in [0.3, 0.4) is 0 Å². The Morgan fingerprint density at radius 2 is 1.70 bits per heavy atom. The van der Waals surface area contributed by atoms with Gasteiger partial charge in [-0.15, -0.1) is 0 Å². The van der Waals surface area contributed by atoms with Gasteiger partial charge in [-0.25, -0.2) is 0 Å². The Balaban J connectivity index is 1.22. The molecule has 0 radical (unpaired) electrons. The van der Waals surface area contributed by atoms with Gasteiger partial charge >= 0.3 is 0 Å². The van der Waals surface area contributed by atoms with Gasteiger partial charge in [0.25, 0.3) is 0 Å². The van der Waals surface area contributed by atoms with Gasteiger partial charge in [-0.1, -0.05) is 48.9 Å². The van der Waals surface area contributed by atoms with Gasteiger partial charge in [0.05, 0.1) is 18.5 Å². The minimum absolute atomic E-state index is 0.0179. The first kappa shape index (κ1) is 27.9. The minimum atomic E-state index is -0.583. The Bertz CT molecular complexity index is 1250. The molecule has 1 fully saturated rings. The first-order chi connectivity index (χ1) is 19.5. The third-order valence-corrected chi connectivity index (χ3v) is 8.35. The van der Waals surface area contributed by atoms with Gasteiger partial charge in [0.1, 0.15) is 18.4 Å². The largest absolute Gasteiger partial charge is 0.491 e. The Labute approximate surface area is 237 Å². The van der Waals surface area contributed by atoms with Gasteiger partial charge in [0, 0.05) is 18.9 Å². The number of rotatable bonds is 4. The lowest BCUT2D eigenvalue weighted by Gasteiger charge is -2.41. The average Bonchev–Trinajstić information content (AvgIpc) is 3.48. The third kappa shape index (κ3) is 7.10. The molecular weight excluding hydrogens is 502 g/mol. The molecule has 8 nitrogen and oxygen atoms in total. The number of amides is 2.